The number of nitrogens with zero attached hydrogens (tertiary/aromatic N) is 1. The quantitative estimate of drug-likeness (QED) is 0.543. The Hall–Kier alpha value is -3.33. The largest absolute Gasteiger partial charge is 0.450 e. The van der Waals surface area contributed by atoms with Gasteiger partial charge in [0.25, 0.3) is 0 Å². The van der Waals surface area contributed by atoms with Crippen molar-refractivity contribution in [3.8, 4) is 0 Å². The van der Waals surface area contributed by atoms with Crippen molar-refractivity contribution in [2.75, 3.05) is 6.61 Å². The van der Waals surface area contributed by atoms with E-state index in [1.54, 1.807) is 0 Å². The van der Waals surface area contributed by atoms with Crippen molar-refractivity contribution in [2.24, 2.45) is 0 Å². The summed E-state index contributed by atoms with van der Waals surface area (Å²) in [4.78, 5) is 14.4. The molecule has 1 amide bonds. The van der Waals surface area contributed by atoms with Crippen LogP contribution in [0.5, 0.6) is 0 Å². The Morgan fingerprint density at radius 3 is 2.64 bits per heavy atom. The Labute approximate surface area is 164 Å². The topological polar surface area (TPSA) is 29.5 Å². The number of fused-ring (bicyclic) bond motifs is 5. The first-order chi connectivity index (χ1) is 13.8. The van der Waals surface area contributed by atoms with E-state index in [9.17, 15) is 4.79 Å². The van der Waals surface area contributed by atoms with Crippen LogP contribution in [0.4, 0.5) is 4.79 Å². The van der Waals surface area contributed by atoms with Gasteiger partial charge in [-0.25, -0.2) is 4.79 Å². The van der Waals surface area contributed by atoms with Crippen molar-refractivity contribution < 1.29 is 9.53 Å². The molecule has 0 N–H and O–H groups in total. The van der Waals surface area contributed by atoms with Crippen LogP contribution in [0.2, 0.25) is 0 Å². The predicted molar refractivity (Wildman–Crippen MR) is 114 cm³/mol. The van der Waals surface area contributed by atoms with E-state index in [1.165, 1.54) is 27.1 Å². The number of ether oxygens (including phenoxy) is 1. The fraction of sp³-hybridized carbons (Fsp3) is 0.160. The van der Waals surface area contributed by atoms with E-state index < -0.39 is 0 Å². The predicted octanol–water partition coefficient (Wildman–Crippen LogP) is 5.71. The van der Waals surface area contributed by atoms with Gasteiger partial charge in [0.15, 0.2) is 0 Å². The maximum Gasteiger partial charge on any atom is 0.411 e. The van der Waals surface area contributed by atoms with E-state index in [1.807, 2.05) is 30.1 Å². The number of amides is 1. The van der Waals surface area contributed by atoms with Crippen LogP contribution in [0.25, 0.3) is 27.1 Å². The Balaban J connectivity index is 1.68. The average Bonchev–Trinajstić information content (AvgIpc) is 2.93. The molecule has 5 rings (SSSR count). The standard InChI is InChI=1S/C25H21NO2/c1-2-28-25(27)26-18-9-4-6-13-24(26)23(16-18)21-12-7-11-20-19-10-5-3-8-17(19)14-15-22(20)21/h3-16,18,24H,2H2,1H3. The smallest absolute Gasteiger partial charge is 0.411 e. The summed E-state index contributed by atoms with van der Waals surface area (Å²) in [6, 6.07) is 19.0. The highest BCUT2D eigenvalue weighted by molar-refractivity contribution is 6.11. The van der Waals surface area contributed by atoms with Gasteiger partial charge in [0.05, 0.1) is 18.7 Å². The van der Waals surface area contributed by atoms with Gasteiger partial charge < -0.3 is 4.74 Å². The lowest BCUT2D eigenvalue weighted by Crippen LogP contribution is -2.41. The summed E-state index contributed by atoms with van der Waals surface area (Å²) in [5, 5.41) is 4.93. The van der Waals surface area contributed by atoms with Crippen molar-refractivity contribution in [1.29, 1.82) is 0 Å². The summed E-state index contributed by atoms with van der Waals surface area (Å²) in [6.45, 7) is 2.21. The minimum absolute atomic E-state index is 0.0928. The summed E-state index contributed by atoms with van der Waals surface area (Å²) >= 11 is 0. The Bertz CT molecular complexity index is 1170. The van der Waals surface area contributed by atoms with Crippen LogP contribution in [-0.4, -0.2) is 29.7 Å². The molecule has 3 nitrogen and oxygen atoms in total. The van der Waals surface area contributed by atoms with E-state index in [0.29, 0.717) is 6.61 Å². The maximum absolute atomic E-state index is 12.6. The number of benzene rings is 3. The molecule has 2 heterocycles. The first-order valence-electron chi connectivity index (χ1n) is 9.70. The van der Waals surface area contributed by atoms with Crippen LogP contribution in [0, 0.1) is 0 Å². The third-order valence-corrected chi connectivity index (χ3v) is 5.58. The Morgan fingerprint density at radius 1 is 0.929 bits per heavy atom. The molecule has 0 fully saturated rings. The minimum Gasteiger partial charge on any atom is -0.450 e. The molecule has 0 saturated heterocycles. The normalized spacial score (nSPS) is 20.5. The second-order valence-electron chi connectivity index (χ2n) is 7.12. The van der Waals surface area contributed by atoms with Gasteiger partial charge in [-0.1, -0.05) is 85.0 Å². The first-order valence-corrected chi connectivity index (χ1v) is 9.70. The molecule has 0 saturated carbocycles. The van der Waals surface area contributed by atoms with Crippen molar-refractivity contribution in [3.05, 3.63) is 90.5 Å². The van der Waals surface area contributed by atoms with Gasteiger partial charge in [-0.05, 0) is 39.6 Å². The second-order valence-corrected chi connectivity index (χ2v) is 7.12. The van der Waals surface area contributed by atoms with Crippen LogP contribution in [0.15, 0.2) is 85.0 Å². The fourth-order valence-electron chi connectivity index (χ4n) is 4.36. The van der Waals surface area contributed by atoms with Crippen LogP contribution in [0.1, 0.15) is 12.5 Å². The van der Waals surface area contributed by atoms with Crippen molar-refractivity contribution >= 4 is 33.2 Å². The summed E-state index contributed by atoms with van der Waals surface area (Å²) < 4.78 is 5.33. The van der Waals surface area contributed by atoms with Gasteiger partial charge >= 0.3 is 6.09 Å². The highest BCUT2D eigenvalue weighted by Gasteiger charge is 2.38. The van der Waals surface area contributed by atoms with E-state index in [2.05, 4.69) is 66.7 Å². The number of rotatable bonds is 2. The number of hydrogen-bond donors (Lipinski definition) is 0. The zero-order chi connectivity index (χ0) is 19.1. The molecule has 2 unspecified atom stereocenters. The third-order valence-electron chi connectivity index (χ3n) is 5.58. The SMILES string of the molecule is CCOC(=O)N1C2C=CC=CC1C(c1cccc3c1ccc1ccccc13)=C2. The van der Waals surface area contributed by atoms with Gasteiger partial charge in [0.1, 0.15) is 0 Å². The second kappa shape index (κ2) is 6.68. The molecule has 0 spiro atoms. The molecule has 2 atom stereocenters. The van der Waals surface area contributed by atoms with Crippen LogP contribution >= 0.6 is 0 Å². The van der Waals surface area contributed by atoms with Gasteiger partial charge in [0, 0.05) is 0 Å². The third kappa shape index (κ3) is 2.55. The zero-order valence-electron chi connectivity index (χ0n) is 15.7. The number of carbonyl (C=O) groups excluding carboxylic acids is 1. The Kier molecular flexibility index (Phi) is 4.01. The molecule has 3 aromatic rings. The number of hydrogen-bond acceptors (Lipinski definition) is 2. The molecule has 2 aliphatic rings. The molecule has 28 heavy (non-hydrogen) atoms. The van der Waals surface area contributed by atoms with Crippen LogP contribution in [0.3, 0.4) is 0 Å². The summed E-state index contributed by atoms with van der Waals surface area (Å²) in [5.74, 6) is 0. The Morgan fingerprint density at radius 2 is 1.75 bits per heavy atom. The lowest BCUT2D eigenvalue weighted by Gasteiger charge is -2.27. The lowest BCUT2D eigenvalue weighted by atomic mass is 9.91. The first kappa shape index (κ1) is 16.8. The lowest BCUT2D eigenvalue weighted by molar-refractivity contribution is 0.104. The number of allylic oxidation sites excluding steroid dienone is 2. The molecule has 138 valence electrons. The highest BCUT2D eigenvalue weighted by Crippen LogP contribution is 2.39. The fourth-order valence-corrected chi connectivity index (χ4v) is 4.36. The van der Waals surface area contributed by atoms with Crippen molar-refractivity contribution in [1.82, 2.24) is 4.90 Å². The molecular weight excluding hydrogens is 346 g/mol. The van der Waals surface area contributed by atoms with Crippen molar-refractivity contribution in [2.45, 2.75) is 19.0 Å². The van der Waals surface area contributed by atoms with Crippen molar-refractivity contribution in [3.63, 3.8) is 0 Å². The molecule has 2 aliphatic heterocycles. The molecule has 3 heteroatoms. The van der Waals surface area contributed by atoms with Crippen LogP contribution in [-0.2, 0) is 4.74 Å². The van der Waals surface area contributed by atoms with Gasteiger partial charge in [-0.2, -0.15) is 0 Å². The van der Waals surface area contributed by atoms with Gasteiger partial charge in [-0.15, -0.1) is 0 Å². The zero-order valence-corrected chi connectivity index (χ0v) is 15.7. The molecule has 0 radical (unpaired) electrons. The molecule has 3 aromatic carbocycles. The van der Waals surface area contributed by atoms with Crippen LogP contribution < -0.4 is 0 Å². The highest BCUT2D eigenvalue weighted by atomic mass is 16.6. The minimum atomic E-state index is -0.273. The number of carbonyl (C=O) groups is 1. The summed E-state index contributed by atoms with van der Waals surface area (Å²) in [6.07, 6.45) is 10.1. The molecule has 0 aliphatic carbocycles. The van der Waals surface area contributed by atoms with Gasteiger partial charge in [0.2, 0.25) is 0 Å². The summed E-state index contributed by atoms with van der Waals surface area (Å²) in [7, 11) is 0. The van der Waals surface area contributed by atoms with Gasteiger partial charge in [-0.3, -0.25) is 4.90 Å². The maximum atomic E-state index is 12.6. The van der Waals surface area contributed by atoms with E-state index in [0.717, 1.165) is 5.57 Å². The monoisotopic (exact) mass is 367 g/mol. The molecule has 0 aromatic heterocycles. The average molecular weight is 367 g/mol. The van der Waals surface area contributed by atoms with E-state index in [4.69, 9.17) is 4.74 Å². The molecular formula is C25H21NO2. The summed E-state index contributed by atoms with van der Waals surface area (Å²) in [5.41, 5.74) is 2.32. The van der Waals surface area contributed by atoms with E-state index in [-0.39, 0.29) is 18.2 Å². The molecule has 2 bridgehead atoms. The van der Waals surface area contributed by atoms with E-state index >= 15 is 0 Å².